The normalized spacial score (nSPS) is 10.8. The Balaban J connectivity index is 1.81. The number of methoxy groups -OCH3 is 1. The zero-order valence-corrected chi connectivity index (χ0v) is 17.4. The van der Waals surface area contributed by atoms with Crippen LogP contribution in [0.2, 0.25) is 10.0 Å². The molecule has 3 aromatic carbocycles. The fourth-order valence-electron chi connectivity index (χ4n) is 2.66. The summed E-state index contributed by atoms with van der Waals surface area (Å²) in [5, 5.41) is 14.3. The van der Waals surface area contributed by atoms with E-state index in [-0.39, 0.29) is 12.2 Å². The van der Waals surface area contributed by atoms with Crippen LogP contribution in [-0.4, -0.2) is 24.4 Å². The summed E-state index contributed by atoms with van der Waals surface area (Å²) in [6, 6.07) is 17.0. The quantitative estimate of drug-likeness (QED) is 0.342. The second-order valence-corrected chi connectivity index (χ2v) is 6.94. The van der Waals surface area contributed by atoms with Gasteiger partial charge in [-0.2, -0.15) is 5.10 Å². The highest BCUT2D eigenvalue weighted by Gasteiger charge is 2.12. The number of halogens is 2. The van der Waals surface area contributed by atoms with E-state index >= 15 is 0 Å². The molecule has 0 heterocycles. The number of para-hydroxylation sites is 1. The lowest BCUT2D eigenvalue weighted by atomic mass is 10.2. The molecule has 3 rings (SSSR count). The molecule has 30 heavy (non-hydrogen) atoms. The Labute approximate surface area is 183 Å². The number of hydrogen-bond donors (Lipinski definition) is 2. The van der Waals surface area contributed by atoms with Crippen LogP contribution in [0.3, 0.4) is 0 Å². The fraction of sp³-hybridized carbons (Fsp3) is 0.0909. The Morgan fingerprint density at radius 3 is 2.50 bits per heavy atom. The van der Waals surface area contributed by atoms with Crippen molar-refractivity contribution in [3.05, 3.63) is 87.4 Å². The molecule has 0 spiro atoms. The average Bonchev–Trinajstić information content (AvgIpc) is 2.74. The van der Waals surface area contributed by atoms with Gasteiger partial charge in [0.15, 0.2) is 11.5 Å². The molecule has 8 heteroatoms. The summed E-state index contributed by atoms with van der Waals surface area (Å²) in [5.41, 5.74) is 4.84. The molecule has 0 aliphatic rings. The van der Waals surface area contributed by atoms with E-state index in [4.69, 9.17) is 37.8 Å². The lowest BCUT2D eigenvalue weighted by Crippen LogP contribution is -2.03. The van der Waals surface area contributed by atoms with Crippen LogP contribution in [0.15, 0.2) is 65.8 Å². The predicted molar refractivity (Wildman–Crippen MR) is 118 cm³/mol. The predicted octanol–water partition coefficient (Wildman–Crippen LogP) is 5.73. The van der Waals surface area contributed by atoms with E-state index in [0.29, 0.717) is 38.4 Å². The van der Waals surface area contributed by atoms with Gasteiger partial charge in [0.1, 0.15) is 6.61 Å². The van der Waals surface area contributed by atoms with E-state index in [1.54, 1.807) is 55.8 Å². The van der Waals surface area contributed by atoms with Crippen LogP contribution >= 0.6 is 23.2 Å². The number of carboxylic acids is 1. The van der Waals surface area contributed by atoms with Crippen molar-refractivity contribution in [2.24, 2.45) is 5.10 Å². The van der Waals surface area contributed by atoms with Crippen LogP contribution in [0.1, 0.15) is 21.5 Å². The van der Waals surface area contributed by atoms with Crippen molar-refractivity contribution in [1.29, 1.82) is 0 Å². The van der Waals surface area contributed by atoms with Gasteiger partial charge in [0.2, 0.25) is 0 Å². The molecule has 0 amide bonds. The molecular weight excluding hydrogens is 427 g/mol. The summed E-state index contributed by atoms with van der Waals surface area (Å²) in [6.45, 7) is 0.147. The number of aromatic carboxylic acids is 1. The molecule has 6 nitrogen and oxygen atoms in total. The summed E-state index contributed by atoms with van der Waals surface area (Å²) in [6.07, 6.45) is 1.56. The van der Waals surface area contributed by atoms with Crippen molar-refractivity contribution in [2.45, 2.75) is 6.61 Å². The lowest BCUT2D eigenvalue weighted by molar-refractivity contribution is 0.0697. The first-order chi connectivity index (χ1) is 14.5. The fourth-order valence-corrected chi connectivity index (χ4v) is 3.17. The highest BCUT2D eigenvalue weighted by Crippen LogP contribution is 2.33. The number of hydrogen-bond acceptors (Lipinski definition) is 5. The minimum Gasteiger partial charge on any atom is -0.493 e. The molecule has 0 bridgehead atoms. The second kappa shape index (κ2) is 10.0. The number of carboxylic acid groups (broad SMARTS) is 1. The minimum atomic E-state index is -1.01. The van der Waals surface area contributed by atoms with E-state index < -0.39 is 5.97 Å². The number of hydrazone groups is 1. The zero-order chi connectivity index (χ0) is 21.5. The second-order valence-electron chi connectivity index (χ2n) is 6.12. The molecule has 0 saturated carbocycles. The van der Waals surface area contributed by atoms with E-state index in [1.807, 2.05) is 6.07 Å². The largest absolute Gasteiger partial charge is 0.493 e. The number of benzene rings is 3. The van der Waals surface area contributed by atoms with E-state index in [2.05, 4.69) is 10.5 Å². The summed E-state index contributed by atoms with van der Waals surface area (Å²) in [4.78, 5) is 11.1. The smallest absolute Gasteiger partial charge is 0.335 e. The van der Waals surface area contributed by atoms with E-state index in [0.717, 1.165) is 0 Å². The maximum Gasteiger partial charge on any atom is 0.335 e. The third-order valence-electron chi connectivity index (χ3n) is 4.16. The molecule has 154 valence electrons. The van der Waals surface area contributed by atoms with Gasteiger partial charge in [0.05, 0.1) is 24.6 Å². The van der Waals surface area contributed by atoms with Crippen molar-refractivity contribution >= 4 is 41.1 Å². The van der Waals surface area contributed by atoms with Gasteiger partial charge in [-0.3, -0.25) is 5.43 Å². The maximum absolute atomic E-state index is 11.1. The summed E-state index contributed by atoms with van der Waals surface area (Å²) in [5.74, 6) is -0.0137. The van der Waals surface area contributed by atoms with Crippen LogP contribution in [0.4, 0.5) is 5.69 Å². The van der Waals surface area contributed by atoms with Crippen LogP contribution in [0, 0.1) is 0 Å². The number of ether oxygens (including phenoxy) is 2. The molecule has 2 N–H and O–H groups in total. The molecule has 0 radical (unpaired) electrons. The zero-order valence-electron chi connectivity index (χ0n) is 15.9. The van der Waals surface area contributed by atoms with Gasteiger partial charge in [0, 0.05) is 21.2 Å². The third-order valence-corrected chi connectivity index (χ3v) is 4.87. The van der Waals surface area contributed by atoms with Gasteiger partial charge in [0.25, 0.3) is 0 Å². The monoisotopic (exact) mass is 444 g/mol. The van der Waals surface area contributed by atoms with Crippen LogP contribution in [0.25, 0.3) is 0 Å². The topological polar surface area (TPSA) is 80.2 Å². The molecule has 0 atom stereocenters. The molecular formula is C22H18Cl2N2O4. The minimum absolute atomic E-state index is 0.147. The summed E-state index contributed by atoms with van der Waals surface area (Å²) in [7, 11) is 1.54. The van der Waals surface area contributed by atoms with Gasteiger partial charge in [-0.05, 0) is 42.5 Å². The number of carbonyl (C=O) groups is 1. The first-order valence-corrected chi connectivity index (χ1v) is 9.60. The molecule has 0 saturated heterocycles. The van der Waals surface area contributed by atoms with E-state index in [9.17, 15) is 4.79 Å². The van der Waals surface area contributed by atoms with Gasteiger partial charge in [-0.25, -0.2) is 4.79 Å². The van der Waals surface area contributed by atoms with Crippen LogP contribution in [-0.2, 0) is 6.61 Å². The molecule has 0 aromatic heterocycles. The lowest BCUT2D eigenvalue weighted by Gasteiger charge is -2.14. The SMILES string of the molecule is COc1cccc(C=NNc2cccc(C(=O)O)c2)c1OCc1c(Cl)cccc1Cl. The molecule has 0 unspecified atom stereocenters. The van der Waals surface area contributed by atoms with Crippen molar-refractivity contribution in [1.82, 2.24) is 0 Å². The van der Waals surface area contributed by atoms with E-state index in [1.165, 1.54) is 12.1 Å². The third kappa shape index (κ3) is 5.23. The number of rotatable bonds is 8. The molecule has 0 aliphatic carbocycles. The van der Waals surface area contributed by atoms with Gasteiger partial charge >= 0.3 is 5.97 Å². The van der Waals surface area contributed by atoms with Crippen molar-refractivity contribution < 1.29 is 19.4 Å². The Hall–Kier alpha value is -3.22. The molecule has 0 fully saturated rings. The first-order valence-electron chi connectivity index (χ1n) is 8.84. The maximum atomic E-state index is 11.1. The molecule has 0 aliphatic heterocycles. The Bertz CT molecular complexity index is 1070. The Morgan fingerprint density at radius 1 is 1.10 bits per heavy atom. The highest BCUT2D eigenvalue weighted by atomic mass is 35.5. The number of nitrogens with one attached hydrogen (secondary N) is 1. The average molecular weight is 445 g/mol. The van der Waals surface area contributed by atoms with Crippen LogP contribution < -0.4 is 14.9 Å². The van der Waals surface area contributed by atoms with Gasteiger partial charge in [-0.15, -0.1) is 0 Å². The number of anilines is 1. The van der Waals surface area contributed by atoms with Crippen LogP contribution in [0.5, 0.6) is 11.5 Å². The highest BCUT2D eigenvalue weighted by molar-refractivity contribution is 6.35. The van der Waals surface area contributed by atoms with Crippen molar-refractivity contribution in [2.75, 3.05) is 12.5 Å². The van der Waals surface area contributed by atoms with Gasteiger partial charge in [-0.1, -0.05) is 41.4 Å². The first kappa shape index (κ1) is 21.5. The summed E-state index contributed by atoms with van der Waals surface area (Å²) >= 11 is 12.4. The number of nitrogens with zero attached hydrogens (tertiary/aromatic N) is 1. The van der Waals surface area contributed by atoms with Gasteiger partial charge < -0.3 is 14.6 Å². The molecule has 3 aromatic rings. The summed E-state index contributed by atoms with van der Waals surface area (Å²) < 4.78 is 11.4. The van der Waals surface area contributed by atoms with Crippen molar-refractivity contribution in [3.8, 4) is 11.5 Å². The van der Waals surface area contributed by atoms with Crippen molar-refractivity contribution in [3.63, 3.8) is 0 Å². The standard InChI is InChI=1S/C22H18Cl2N2O4/c1-29-20-10-3-6-15(12-25-26-16-7-2-5-14(11-16)22(27)28)21(20)30-13-17-18(23)8-4-9-19(17)24/h2-12,26H,13H2,1H3,(H,27,28). The Morgan fingerprint density at radius 2 is 1.80 bits per heavy atom. The Kier molecular flexibility index (Phi) is 7.17.